The van der Waals surface area contributed by atoms with Gasteiger partial charge in [0.2, 0.25) is 6.54 Å². The molecule has 2 unspecified atom stereocenters. The summed E-state index contributed by atoms with van der Waals surface area (Å²) in [5.74, 6) is -1.37. The van der Waals surface area contributed by atoms with Crippen LogP contribution in [0.15, 0.2) is 28.7 Å². The first-order valence-corrected chi connectivity index (χ1v) is 5.95. The molecule has 0 saturated carbocycles. The van der Waals surface area contributed by atoms with Gasteiger partial charge in [-0.05, 0) is 17.7 Å². The van der Waals surface area contributed by atoms with Crippen molar-refractivity contribution in [2.45, 2.75) is 12.0 Å². The fourth-order valence-corrected chi connectivity index (χ4v) is 1.86. The lowest BCUT2D eigenvalue weighted by molar-refractivity contribution is -0.483. The molecule has 0 saturated heterocycles. The van der Waals surface area contributed by atoms with Crippen LogP contribution in [0, 0.1) is 10.1 Å². The van der Waals surface area contributed by atoms with Gasteiger partial charge in [-0.1, -0.05) is 28.1 Å². The van der Waals surface area contributed by atoms with Crippen molar-refractivity contribution in [3.05, 3.63) is 44.4 Å². The number of nitro groups is 1. The Labute approximate surface area is 112 Å². The summed E-state index contributed by atoms with van der Waals surface area (Å²) < 4.78 is 5.37. The Balaban J connectivity index is 3.00. The molecule has 0 radical (unpaired) electrons. The maximum Gasteiger partial charge on any atom is 0.323 e. The van der Waals surface area contributed by atoms with Gasteiger partial charge in [0.05, 0.1) is 13.0 Å². The summed E-state index contributed by atoms with van der Waals surface area (Å²) in [7, 11) is 1.20. The van der Waals surface area contributed by atoms with E-state index in [4.69, 9.17) is 5.73 Å². The number of esters is 1. The molecule has 0 fully saturated rings. The molecule has 2 N–H and O–H groups in total. The maximum atomic E-state index is 11.4. The SMILES string of the molecule is COC(=O)C(N)C(C[N+](=O)[O-])c1ccc(Br)cc1. The Kier molecular flexibility index (Phi) is 5.24. The fourth-order valence-electron chi connectivity index (χ4n) is 1.60. The highest BCUT2D eigenvalue weighted by atomic mass is 79.9. The molecule has 0 aliphatic rings. The fraction of sp³-hybridized carbons (Fsp3) is 0.364. The number of nitrogens with two attached hydrogens (primary N) is 1. The van der Waals surface area contributed by atoms with E-state index >= 15 is 0 Å². The Bertz CT molecular complexity index is 435. The monoisotopic (exact) mass is 316 g/mol. The number of carbonyl (C=O) groups excluding carboxylic acids is 1. The molecule has 18 heavy (non-hydrogen) atoms. The van der Waals surface area contributed by atoms with Crippen LogP contribution in [0.5, 0.6) is 0 Å². The molecule has 98 valence electrons. The topological polar surface area (TPSA) is 95.5 Å². The largest absolute Gasteiger partial charge is 0.468 e. The number of hydrogen-bond donors (Lipinski definition) is 1. The average molecular weight is 317 g/mol. The van der Waals surface area contributed by atoms with Crippen molar-refractivity contribution in [2.75, 3.05) is 13.7 Å². The van der Waals surface area contributed by atoms with E-state index in [2.05, 4.69) is 20.7 Å². The molecule has 7 heteroatoms. The summed E-state index contributed by atoms with van der Waals surface area (Å²) in [5.41, 5.74) is 6.33. The smallest absolute Gasteiger partial charge is 0.323 e. The van der Waals surface area contributed by atoms with Crippen LogP contribution >= 0.6 is 15.9 Å². The Morgan fingerprint density at radius 3 is 2.50 bits per heavy atom. The van der Waals surface area contributed by atoms with Crippen molar-refractivity contribution in [3.63, 3.8) is 0 Å². The number of nitrogens with zero attached hydrogens (tertiary/aromatic N) is 1. The summed E-state index contributed by atoms with van der Waals surface area (Å²) in [6.45, 7) is -0.419. The van der Waals surface area contributed by atoms with E-state index in [-0.39, 0.29) is 0 Å². The van der Waals surface area contributed by atoms with E-state index in [0.29, 0.717) is 5.56 Å². The van der Waals surface area contributed by atoms with Gasteiger partial charge in [0.25, 0.3) is 0 Å². The summed E-state index contributed by atoms with van der Waals surface area (Å²) in [5, 5.41) is 10.7. The third-order valence-corrected chi connectivity index (χ3v) is 3.08. The lowest BCUT2D eigenvalue weighted by Crippen LogP contribution is -2.40. The standard InChI is InChI=1S/C11H13BrN2O4/c1-18-11(15)10(13)9(6-14(16)17)7-2-4-8(12)5-3-7/h2-5,9-10H,6,13H2,1H3. The number of ether oxygens (including phenoxy) is 1. The molecule has 0 heterocycles. The molecule has 0 aliphatic carbocycles. The first kappa shape index (κ1) is 14.6. The Morgan fingerprint density at radius 2 is 2.06 bits per heavy atom. The highest BCUT2D eigenvalue weighted by Crippen LogP contribution is 2.22. The van der Waals surface area contributed by atoms with Gasteiger partial charge in [-0.2, -0.15) is 0 Å². The van der Waals surface area contributed by atoms with Crippen LogP contribution < -0.4 is 5.73 Å². The average Bonchev–Trinajstić information content (AvgIpc) is 2.35. The van der Waals surface area contributed by atoms with E-state index < -0.39 is 29.4 Å². The number of methoxy groups -OCH3 is 1. The molecule has 1 rings (SSSR count). The molecule has 0 aromatic heterocycles. The first-order valence-electron chi connectivity index (χ1n) is 5.16. The van der Waals surface area contributed by atoms with Crippen molar-refractivity contribution in [3.8, 4) is 0 Å². The van der Waals surface area contributed by atoms with Crippen molar-refractivity contribution >= 4 is 21.9 Å². The maximum absolute atomic E-state index is 11.4. The van der Waals surface area contributed by atoms with E-state index in [1.165, 1.54) is 7.11 Å². The molecule has 0 amide bonds. The van der Waals surface area contributed by atoms with Crippen LogP contribution in [0.3, 0.4) is 0 Å². The quantitative estimate of drug-likeness (QED) is 0.502. The molecular formula is C11H13BrN2O4. The van der Waals surface area contributed by atoms with Gasteiger partial charge in [0, 0.05) is 9.40 Å². The molecule has 1 aromatic rings. The minimum Gasteiger partial charge on any atom is -0.468 e. The van der Waals surface area contributed by atoms with Gasteiger partial charge in [0.15, 0.2) is 0 Å². The summed E-state index contributed by atoms with van der Waals surface area (Å²) in [6.07, 6.45) is 0. The molecule has 0 spiro atoms. The van der Waals surface area contributed by atoms with E-state index in [9.17, 15) is 14.9 Å². The third-order valence-electron chi connectivity index (χ3n) is 2.55. The lowest BCUT2D eigenvalue weighted by atomic mass is 9.92. The second-order valence-electron chi connectivity index (χ2n) is 3.72. The Hall–Kier alpha value is -1.47. The van der Waals surface area contributed by atoms with Crippen molar-refractivity contribution < 1.29 is 14.5 Å². The second-order valence-corrected chi connectivity index (χ2v) is 4.64. The zero-order valence-electron chi connectivity index (χ0n) is 9.71. The van der Waals surface area contributed by atoms with Gasteiger partial charge < -0.3 is 10.5 Å². The molecule has 0 bridgehead atoms. The van der Waals surface area contributed by atoms with Gasteiger partial charge in [0.1, 0.15) is 6.04 Å². The van der Waals surface area contributed by atoms with Crippen LogP contribution in [0.25, 0.3) is 0 Å². The number of halogens is 1. The Morgan fingerprint density at radius 1 is 1.50 bits per heavy atom. The van der Waals surface area contributed by atoms with Crippen molar-refractivity contribution in [1.82, 2.24) is 0 Å². The summed E-state index contributed by atoms with van der Waals surface area (Å²) in [6, 6.07) is 5.82. The first-order chi connectivity index (χ1) is 8.45. The van der Waals surface area contributed by atoms with Crippen LogP contribution in [-0.4, -0.2) is 30.6 Å². The predicted molar refractivity (Wildman–Crippen MR) is 68.7 cm³/mol. The number of hydrogen-bond acceptors (Lipinski definition) is 5. The summed E-state index contributed by atoms with van der Waals surface area (Å²) >= 11 is 3.27. The molecule has 0 aliphatic heterocycles. The van der Waals surface area contributed by atoms with Gasteiger partial charge >= 0.3 is 5.97 Å². The highest BCUT2D eigenvalue weighted by Gasteiger charge is 2.31. The lowest BCUT2D eigenvalue weighted by Gasteiger charge is -2.18. The number of rotatable bonds is 5. The summed E-state index contributed by atoms with van der Waals surface area (Å²) in [4.78, 5) is 21.6. The van der Waals surface area contributed by atoms with Crippen molar-refractivity contribution in [1.29, 1.82) is 0 Å². The van der Waals surface area contributed by atoms with E-state index in [1.807, 2.05) is 0 Å². The van der Waals surface area contributed by atoms with Crippen molar-refractivity contribution in [2.24, 2.45) is 5.73 Å². The molecule has 6 nitrogen and oxygen atoms in total. The minimum atomic E-state index is -1.05. The highest BCUT2D eigenvalue weighted by molar-refractivity contribution is 9.10. The zero-order valence-corrected chi connectivity index (χ0v) is 11.3. The van der Waals surface area contributed by atoms with Gasteiger partial charge in [-0.15, -0.1) is 0 Å². The van der Waals surface area contributed by atoms with Crippen LogP contribution in [0.4, 0.5) is 0 Å². The zero-order chi connectivity index (χ0) is 13.7. The van der Waals surface area contributed by atoms with Gasteiger partial charge in [-0.25, -0.2) is 0 Å². The molecule has 1 aromatic carbocycles. The molecular weight excluding hydrogens is 304 g/mol. The predicted octanol–water partition coefficient (Wildman–Crippen LogP) is 1.31. The van der Waals surface area contributed by atoms with Crippen LogP contribution in [0.1, 0.15) is 11.5 Å². The van der Waals surface area contributed by atoms with Gasteiger partial charge in [-0.3, -0.25) is 14.9 Å². The van der Waals surface area contributed by atoms with Crippen LogP contribution in [-0.2, 0) is 9.53 Å². The second kappa shape index (κ2) is 6.46. The van der Waals surface area contributed by atoms with E-state index in [1.54, 1.807) is 24.3 Å². The number of benzene rings is 1. The van der Waals surface area contributed by atoms with E-state index in [0.717, 1.165) is 4.47 Å². The normalized spacial score (nSPS) is 13.7. The number of carbonyl (C=O) groups is 1. The molecule has 2 atom stereocenters. The minimum absolute atomic E-state index is 0.419. The third kappa shape index (κ3) is 3.78. The van der Waals surface area contributed by atoms with Crippen LogP contribution in [0.2, 0.25) is 0 Å².